The van der Waals surface area contributed by atoms with Crippen LogP contribution in [0.25, 0.3) is 5.57 Å². The van der Waals surface area contributed by atoms with Gasteiger partial charge >= 0.3 is 0 Å². The fourth-order valence-electron chi connectivity index (χ4n) is 2.01. The lowest BCUT2D eigenvalue weighted by atomic mass is 9.98. The van der Waals surface area contributed by atoms with Gasteiger partial charge in [-0.25, -0.2) is 0 Å². The molecule has 2 N–H and O–H groups in total. The highest BCUT2D eigenvalue weighted by Crippen LogP contribution is 2.36. The summed E-state index contributed by atoms with van der Waals surface area (Å²) in [6.45, 7) is 1.81. The van der Waals surface area contributed by atoms with Gasteiger partial charge in [0.05, 0.1) is 0 Å². The molecule has 3 heteroatoms. The fraction of sp³-hybridized carbons (Fsp3) is 0.167. The van der Waals surface area contributed by atoms with Gasteiger partial charge in [0.1, 0.15) is 5.92 Å². The van der Waals surface area contributed by atoms with Gasteiger partial charge in [0.25, 0.3) is 0 Å². The first-order chi connectivity index (χ1) is 7.16. The van der Waals surface area contributed by atoms with Gasteiger partial charge in [-0.1, -0.05) is 30.3 Å². The van der Waals surface area contributed by atoms with Gasteiger partial charge in [-0.2, -0.15) is 0 Å². The molecule has 0 radical (unpaired) electrons. The number of ketones is 1. The number of allylic oxidation sites excluding steroid dienone is 1. The molecule has 1 aromatic carbocycles. The lowest BCUT2D eigenvalue weighted by Crippen LogP contribution is -2.27. The van der Waals surface area contributed by atoms with E-state index >= 15 is 0 Å². The van der Waals surface area contributed by atoms with Crippen LogP contribution in [-0.4, -0.2) is 11.7 Å². The Morgan fingerprint density at radius 2 is 1.93 bits per heavy atom. The second-order valence-electron chi connectivity index (χ2n) is 3.49. The third-order valence-electron chi connectivity index (χ3n) is 2.67. The molecule has 0 bridgehead atoms. The lowest BCUT2D eigenvalue weighted by molar-refractivity contribution is -0.118. The zero-order valence-corrected chi connectivity index (χ0v) is 8.36. The zero-order valence-electron chi connectivity index (χ0n) is 8.36. The molecule has 76 valence electrons. The third-order valence-corrected chi connectivity index (χ3v) is 2.67. The van der Waals surface area contributed by atoms with Crippen LogP contribution in [-0.2, 0) is 4.79 Å². The minimum absolute atomic E-state index is 0.189. The Hall–Kier alpha value is -1.90. The topological polar surface area (TPSA) is 60.2 Å². The Morgan fingerprint density at radius 1 is 1.33 bits per heavy atom. The van der Waals surface area contributed by atoms with Crippen molar-refractivity contribution in [1.29, 1.82) is 0 Å². The molecule has 0 heterocycles. The minimum atomic E-state index is -0.799. The van der Waals surface area contributed by atoms with Crippen molar-refractivity contribution in [2.75, 3.05) is 0 Å². The standard InChI is InChI=1S/C12H11NO2/c1-2-7-8-5-3-4-6-9(8)11(14)10(7)12(13)15/h2-6,10H,1H3,(H2,13,15)/b7-2+. The molecule has 0 saturated carbocycles. The Labute approximate surface area is 87.6 Å². The van der Waals surface area contributed by atoms with Crippen LogP contribution < -0.4 is 5.73 Å². The van der Waals surface area contributed by atoms with Crippen molar-refractivity contribution in [1.82, 2.24) is 0 Å². The molecule has 2 rings (SSSR count). The van der Waals surface area contributed by atoms with E-state index in [0.29, 0.717) is 5.56 Å². The Kier molecular flexibility index (Phi) is 2.15. The minimum Gasteiger partial charge on any atom is -0.369 e. The summed E-state index contributed by atoms with van der Waals surface area (Å²) >= 11 is 0. The lowest BCUT2D eigenvalue weighted by Gasteiger charge is -2.05. The van der Waals surface area contributed by atoms with Crippen LogP contribution >= 0.6 is 0 Å². The molecule has 1 aliphatic carbocycles. The first kappa shape index (κ1) is 9.65. The maximum absolute atomic E-state index is 11.9. The number of carbonyl (C=O) groups excluding carboxylic acids is 2. The molecular weight excluding hydrogens is 190 g/mol. The third kappa shape index (κ3) is 1.28. The number of hydrogen-bond donors (Lipinski definition) is 1. The molecule has 1 atom stereocenters. The summed E-state index contributed by atoms with van der Waals surface area (Å²) in [6, 6.07) is 7.20. The van der Waals surface area contributed by atoms with Crippen LogP contribution in [0.1, 0.15) is 22.8 Å². The van der Waals surface area contributed by atoms with Gasteiger partial charge < -0.3 is 5.73 Å². The highest BCUT2D eigenvalue weighted by molar-refractivity contribution is 6.24. The van der Waals surface area contributed by atoms with Crippen molar-refractivity contribution in [3.8, 4) is 0 Å². The summed E-state index contributed by atoms with van der Waals surface area (Å²) in [7, 11) is 0. The number of Topliss-reactive ketones (excluding diaryl/α,β-unsaturated/α-hetero) is 1. The number of nitrogens with two attached hydrogens (primary N) is 1. The molecular formula is C12H11NO2. The molecule has 15 heavy (non-hydrogen) atoms. The molecule has 0 fully saturated rings. The Balaban J connectivity index is 2.64. The second-order valence-corrected chi connectivity index (χ2v) is 3.49. The van der Waals surface area contributed by atoms with Gasteiger partial charge in [-0.3, -0.25) is 9.59 Å². The first-order valence-corrected chi connectivity index (χ1v) is 4.76. The van der Waals surface area contributed by atoms with Crippen LogP contribution in [0.5, 0.6) is 0 Å². The van der Waals surface area contributed by atoms with Crippen molar-refractivity contribution < 1.29 is 9.59 Å². The van der Waals surface area contributed by atoms with E-state index in [-0.39, 0.29) is 5.78 Å². The normalized spacial score (nSPS) is 21.8. The second kappa shape index (κ2) is 3.35. The molecule has 0 aromatic heterocycles. The molecule has 3 nitrogen and oxygen atoms in total. The summed E-state index contributed by atoms with van der Waals surface area (Å²) in [5, 5.41) is 0. The summed E-state index contributed by atoms with van der Waals surface area (Å²) in [6.07, 6.45) is 1.78. The fourth-order valence-corrected chi connectivity index (χ4v) is 2.01. The molecule has 0 aliphatic heterocycles. The highest BCUT2D eigenvalue weighted by atomic mass is 16.2. The van der Waals surface area contributed by atoms with E-state index in [9.17, 15) is 9.59 Å². The molecule has 0 saturated heterocycles. The summed E-state index contributed by atoms with van der Waals surface area (Å²) in [5.74, 6) is -1.57. The van der Waals surface area contributed by atoms with Gasteiger partial charge in [0.2, 0.25) is 5.91 Å². The van der Waals surface area contributed by atoms with Gasteiger partial charge in [0.15, 0.2) is 5.78 Å². The van der Waals surface area contributed by atoms with E-state index in [1.807, 2.05) is 12.1 Å². The van der Waals surface area contributed by atoms with Crippen LogP contribution in [0.15, 0.2) is 30.3 Å². The largest absolute Gasteiger partial charge is 0.369 e. The van der Waals surface area contributed by atoms with E-state index in [4.69, 9.17) is 5.73 Å². The molecule has 1 aromatic rings. The maximum atomic E-state index is 11.9. The van der Waals surface area contributed by atoms with E-state index < -0.39 is 11.8 Å². The van der Waals surface area contributed by atoms with Crippen molar-refractivity contribution in [3.63, 3.8) is 0 Å². The number of rotatable bonds is 1. The quantitative estimate of drug-likeness (QED) is 0.698. The first-order valence-electron chi connectivity index (χ1n) is 4.76. The number of primary amides is 1. The van der Waals surface area contributed by atoms with E-state index in [2.05, 4.69) is 0 Å². The van der Waals surface area contributed by atoms with E-state index in [1.54, 1.807) is 25.1 Å². The number of benzene rings is 1. The van der Waals surface area contributed by atoms with Gasteiger partial charge in [0, 0.05) is 5.56 Å². The average Bonchev–Trinajstić information content (AvgIpc) is 2.52. The number of carbonyl (C=O) groups is 2. The molecule has 1 aliphatic rings. The highest BCUT2D eigenvalue weighted by Gasteiger charge is 2.37. The Bertz CT molecular complexity index is 474. The van der Waals surface area contributed by atoms with Crippen molar-refractivity contribution in [2.24, 2.45) is 11.7 Å². The average molecular weight is 201 g/mol. The zero-order chi connectivity index (χ0) is 11.0. The number of fused-ring (bicyclic) bond motifs is 1. The van der Waals surface area contributed by atoms with Crippen LogP contribution in [0.3, 0.4) is 0 Å². The molecule has 1 amide bonds. The summed E-state index contributed by atoms with van der Waals surface area (Å²) in [5.41, 5.74) is 7.38. The van der Waals surface area contributed by atoms with Crippen LogP contribution in [0, 0.1) is 5.92 Å². The molecule has 1 unspecified atom stereocenters. The number of hydrogen-bond acceptors (Lipinski definition) is 2. The van der Waals surface area contributed by atoms with Crippen LogP contribution in [0.4, 0.5) is 0 Å². The predicted octanol–water partition coefficient (Wildman–Crippen LogP) is 1.39. The molecule has 0 spiro atoms. The van der Waals surface area contributed by atoms with Crippen molar-refractivity contribution >= 4 is 17.3 Å². The summed E-state index contributed by atoms with van der Waals surface area (Å²) in [4.78, 5) is 23.1. The monoisotopic (exact) mass is 201 g/mol. The van der Waals surface area contributed by atoms with Gasteiger partial charge in [-0.15, -0.1) is 0 Å². The van der Waals surface area contributed by atoms with E-state index in [1.165, 1.54) is 0 Å². The summed E-state index contributed by atoms with van der Waals surface area (Å²) < 4.78 is 0. The number of amides is 1. The smallest absolute Gasteiger partial charge is 0.232 e. The van der Waals surface area contributed by atoms with E-state index in [0.717, 1.165) is 11.1 Å². The van der Waals surface area contributed by atoms with Crippen LogP contribution in [0.2, 0.25) is 0 Å². The Morgan fingerprint density at radius 3 is 2.47 bits per heavy atom. The van der Waals surface area contributed by atoms with Gasteiger partial charge in [-0.05, 0) is 18.1 Å². The van der Waals surface area contributed by atoms with Crippen molar-refractivity contribution in [2.45, 2.75) is 6.92 Å². The maximum Gasteiger partial charge on any atom is 0.232 e. The van der Waals surface area contributed by atoms with Crippen molar-refractivity contribution in [3.05, 3.63) is 41.5 Å². The predicted molar refractivity (Wildman–Crippen MR) is 57.1 cm³/mol. The SMILES string of the molecule is C/C=C1\c2ccccc2C(=O)C1C(N)=O.